The fourth-order valence-electron chi connectivity index (χ4n) is 10.1. The van der Waals surface area contributed by atoms with Crippen LogP contribution in [0.5, 0.6) is 0 Å². The highest BCUT2D eigenvalue weighted by Crippen LogP contribution is 2.49. The van der Waals surface area contributed by atoms with E-state index in [4.69, 9.17) is 0 Å². The van der Waals surface area contributed by atoms with E-state index in [-0.39, 0.29) is 22.5 Å². The van der Waals surface area contributed by atoms with E-state index in [2.05, 4.69) is 16.0 Å². The van der Waals surface area contributed by atoms with Gasteiger partial charge < -0.3 is 9.13 Å². The molecule has 12 rings (SSSR count). The van der Waals surface area contributed by atoms with Crippen molar-refractivity contribution in [1.29, 1.82) is 5.26 Å². The van der Waals surface area contributed by atoms with E-state index in [9.17, 15) is 5.26 Å². The lowest BCUT2D eigenvalue weighted by molar-refractivity contribution is -0.142. The highest BCUT2D eigenvalue weighted by atomic mass is 19.4. The first-order valence-electron chi connectivity index (χ1n) is 22.9. The van der Waals surface area contributed by atoms with Crippen molar-refractivity contribution in [3.05, 3.63) is 229 Å². The number of benzene rings is 8. The van der Waals surface area contributed by atoms with Crippen molar-refractivity contribution in [2.75, 3.05) is 0 Å². The average Bonchev–Trinajstić information content (AvgIpc) is 3.92. The summed E-state index contributed by atoms with van der Waals surface area (Å²) in [5.74, 6) is 0. The molecule has 0 amide bonds. The summed E-state index contributed by atoms with van der Waals surface area (Å²) in [6.45, 7) is 0. The zero-order valence-corrected chi connectivity index (χ0v) is 37.7. The monoisotopic (exact) mass is 951 g/mol. The molecule has 0 saturated carbocycles. The van der Waals surface area contributed by atoms with Crippen molar-refractivity contribution in [3.63, 3.8) is 0 Å². The summed E-state index contributed by atoms with van der Waals surface area (Å²) in [5.41, 5.74) is 4.19. The molecule has 0 N–H and O–H groups in total. The number of para-hydroxylation sites is 2. The van der Waals surface area contributed by atoms with Crippen LogP contribution >= 0.6 is 0 Å². The highest BCUT2D eigenvalue weighted by Gasteiger charge is 2.42. The van der Waals surface area contributed by atoms with E-state index in [1.807, 2.05) is 152 Å². The first kappa shape index (κ1) is 44.0. The van der Waals surface area contributed by atoms with Gasteiger partial charge in [0.2, 0.25) is 0 Å². The van der Waals surface area contributed by atoms with Gasteiger partial charge in [-0.2, -0.15) is 31.6 Å². The Bertz CT molecular complexity index is 4110. The van der Waals surface area contributed by atoms with Gasteiger partial charge in [-0.3, -0.25) is 9.97 Å². The first-order valence-corrected chi connectivity index (χ1v) is 22.9. The number of fused-ring (bicyclic) bond motifs is 6. The zero-order valence-electron chi connectivity index (χ0n) is 37.7. The molecule has 12 aromatic rings. The molecule has 8 aromatic carbocycles. The molecule has 0 aliphatic heterocycles. The van der Waals surface area contributed by atoms with Crippen LogP contribution in [0.15, 0.2) is 213 Å². The molecule has 11 heteroatoms. The summed E-state index contributed by atoms with van der Waals surface area (Å²) >= 11 is 0. The first-order chi connectivity index (χ1) is 34.9. The molecule has 0 aliphatic rings. The number of pyridine rings is 2. The van der Waals surface area contributed by atoms with Gasteiger partial charge in [0.25, 0.3) is 0 Å². The third kappa shape index (κ3) is 7.43. The van der Waals surface area contributed by atoms with Crippen LogP contribution in [0.25, 0.3) is 111 Å². The van der Waals surface area contributed by atoms with Gasteiger partial charge >= 0.3 is 12.4 Å². The maximum absolute atomic E-state index is 15.5. The number of aromatic nitrogens is 4. The molecule has 0 fully saturated rings. The molecule has 4 heterocycles. The van der Waals surface area contributed by atoms with Gasteiger partial charge in [-0.25, -0.2) is 0 Å². The van der Waals surface area contributed by atoms with E-state index in [0.29, 0.717) is 50.7 Å². The predicted molar refractivity (Wildman–Crippen MR) is 273 cm³/mol. The Morgan fingerprint density at radius 3 is 1.28 bits per heavy atom. The van der Waals surface area contributed by atoms with Crippen LogP contribution in [0, 0.1) is 11.3 Å². The Morgan fingerprint density at radius 1 is 0.375 bits per heavy atom. The second kappa shape index (κ2) is 17.0. The number of nitrogens with zero attached hydrogens (tertiary/aromatic N) is 5. The van der Waals surface area contributed by atoms with Crippen LogP contribution in [0.3, 0.4) is 0 Å². The minimum Gasteiger partial charge on any atom is -0.309 e. The van der Waals surface area contributed by atoms with Crippen LogP contribution in [-0.4, -0.2) is 19.1 Å². The summed E-state index contributed by atoms with van der Waals surface area (Å²) in [6, 6.07) is 60.3. The number of alkyl halides is 6. The molecular weight excluding hydrogens is 917 g/mol. The molecule has 5 nitrogen and oxygen atoms in total. The van der Waals surface area contributed by atoms with Crippen molar-refractivity contribution in [2.45, 2.75) is 12.4 Å². The van der Waals surface area contributed by atoms with Crippen LogP contribution in [0.1, 0.15) is 16.7 Å². The molecular formula is C61H35F6N5. The Hall–Kier alpha value is -9.27. The van der Waals surface area contributed by atoms with E-state index < -0.39 is 29.0 Å². The van der Waals surface area contributed by atoms with Gasteiger partial charge in [0, 0.05) is 56.2 Å². The molecule has 0 saturated heterocycles. The minimum atomic E-state index is -5.22. The molecule has 0 radical (unpaired) electrons. The smallest absolute Gasteiger partial charge is 0.309 e. The number of rotatable bonds is 7. The summed E-state index contributed by atoms with van der Waals surface area (Å²) in [7, 11) is 0. The second-order valence-corrected chi connectivity index (χ2v) is 17.5. The van der Waals surface area contributed by atoms with Gasteiger partial charge in [0.15, 0.2) is 0 Å². The minimum absolute atomic E-state index is 0.0128. The van der Waals surface area contributed by atoms with Crippen molar-refractivity contribution < 1.29 is 26.3 Å². The van der Waals surface area contributed by atoms with E-state index >= 15 is 26.3 Å². The average molecular weight is 952 g/mol. The summed E-state index contributed by atoms with van der Waals surface area (Å²) in [5, 5.41) is 14.2. The van der Waals surface area contributed by atoms with Gasteiger partial charge in [-0.1, -0.05) is 127 Å². The normalized spacial score (nSPS) is 12.0. The Morgan fingerprint density at radius 2 is 0.806 bits per heavy atom. The predicted octanol–water partition coefficient (Wildman–Crippen LogP) is 16.9. The second-order valence-electron chi connectivity index (χ2n) is 17.5. The number of hydrogen-bond acceptors (Lipinski definition) is 3. The molecule has 0 unspecified atom stereocenters. The van der Waals surface area contributed by atoms with Crippen LogP contribution in [0.2, 0.25) is 0 Å². The largest absolute Gasteiger partial charge is 0.417 e. The zero-order chi connectivity index (χ0) is 49.3. The maximum atomic E-state index is 15.5. The van der Waals surface area contributed by atoms with Gasteiger partial charge in [0.05, 0.1) is 61.5 Å². The molecule has 0 bridgehead atoms. The Balaban J connectivity index is 1.17. The molecule has 0 spiro atoms. The fourth-order valence-corrected chi connectivity index (χ4v) is 10.1. The molecule has 0 aliphatic carbocycles. The number of nitriles is 1. The summed E-state index contributed by atoms with van der Waals surface area (Å²) in [4.78, 5) is 9.20. The van der Waals surface area contributed by atoms with E-state index in [1.54, 1.807) is 39.7 Å². The number of hydrogen-bond donors (Lipinski definition) is 0. The third-order valence-corrected chi connectivity index (χ3v) is 13.3. The van der Waals surface area contributed by atoms with Crippen LogP contribution < -0.4 is 0 Å². The Labute approximate surface area is 407 Å². The lowest BCUT2D eigenvalue weighted by Gasteiger charge is -2.24. The fraction of sp³-hybridized carbons (Fsp3) is 0.0328. The van der Waals surface area contributed by atoms with Gasteiger partial charge in [-0.05, 0) is 95.1 Å². The quantitative estimate of drug-likeness (QED) is 0.150. The topological polar surface area (TPSA) is 59.4 Å². The summed E-state index contributed by atoms with van der Waals surface area (Å²) in [6.07, 6.45) is -7.04. The van der Waals surface area contributed by atoms with E-state index in [1.165, 1.54) is 12.1 Å². The van der Waals surface area contributed by atoms with Crippen molar-refractivity contribution in [3.8, 4) is 73.3 Å². The molecule has 72 heavy (non-hydrogen) atoms. The number of halogens is 6. The lowest BCUT2D eigenvalue weighted by Crippen LogP contribution is -2.15. The van der Waals surface area contributed by atoms with Crippen molar-refractivity contribution >= 4 is 43.6 Å². The van der Waals surface area contributed by atoms with Crippen LogP contribution in [-0.2, 0) is 12.4 Å². The molecule has 346 valence electrons. The lowest BCUT2D eigenvalue weighted by atomic mass is 9.90. The summed E-state index contributed by atoms with van der Waals surface area (Å²) < 4.78 is 96.5. The van der Waals surface area contributed by atoms with E-state index in [0.717, 1.165) is 55.9 Å². The molecule has 0 atom stereocenters. The van der Waals surface area contributed by atoms with Crippen LogP contribution in [0.4, 0.5) is 26.3 Å². The SMILES string of the molecule is N#Cc1cc(-n2c3ccccc3c3ccc(-c4ccnc(-c5ccccc5)c4)cc32)c(-c2c(C(F)(F)F)cccc2C(F)(F)F)cc1-n1c2ccccc2c2ccc(-c3ccnc(-c4ccccc4)c3)cc21. The highest BCUT2D eigenvalue weighted by molar-refractivity contribution is 6.12. The maximum Gasteiger partial charge on any atom is 0.417 e. The van der Waals surface area contributed by atoms with Gasteiger partial charge in [0.1, 0.15) is 6.07 Å². The standard InChI is InChI=1S/C61H35F6N5/c62-60(63,64)49-18-11-19-50(61(65,66)67)59(49)48-35-55(71-53-20-9-7-16-44(53)46-24-22-39(32-56(46)71)41-26-28-69-51(30-41)37-12-3-1-4-13-37)43(36-68)34-58(48)72-54-21-10-8-17-45(54)47-25-23-40(33-57(47)72)42-27-29-70-52(31-42)38-14-5-2-6-15-38/h1-35H. The van der Waals surface area contributed by atoms with Gasteiger partial charge in [-0.15, -0.1) is 0 Å². The Kier molecular flexibility index (Phi) is 10.4. The molecule has 4 aromatic heterocycles. The van der Waals surface area contributed by atoms with Crippen molar-refractivity contribution in [1.82, 2.24) is 19.1 Å². The third-order valence-electron chi connectivity index (χ3n) is 13.3. The van der Waals surface area contributed by atoms with Crippen molar-refractivity contribution in [2.24, 2.45) is 0 Å².